The highest BCUT2D eigenvalue weighted by atomic mass is 15.1. The number of azo groups is 1. The molecule has 0 aliphatic heterocycles. The maximum Gasteiger partial charge on any atom is 0.109 e. The Kier molecular flexibility index (Phi) is 3.05. The van der Waals surface area contributed by atoms with Crippen LogP contribution in [0.15, 0.2) is 52.7 Å². The molecule has 4 nitrogen and oxygen atoms in total. The van der Waals surface area contributed by atoms with E-state index in [1.165, 1.54) is 0 Å². The van der Waals surface area contributed by atoms with Gasteiger partial charge in [0.15, 0.2) is 0 Å². The molecular weight excluding hydrogens is 212 g/mol. The standard InChI is InChI=1S/C13H14N4/c1-16-17-13-8-10(4-7-12(13)15)9-2-5-11(14)6-3-9/h2-8H,14-15H2,1H3/b17-16+. The van der Waals surface area contributed by atoms with Crippen molar-refractivity contribution in [3.63, 3.8) is 0 Å². The summed E-state index contributed by atoms with van der Waals surface area (Å²) in [6.07, 6.45) is 0. The van der Waals surface area contributed by atoms with E-state index in [4.69, 9.17) is 11.5 Å². The van der Waals surface area contributed by atoms with E-state index in [0.29, 0.717) is 11.4 Å². The van der Waals surface area contributed by atoms with Crippen LogP contribution in [-0.4, -0.2) is 7.05 Å². The highest BCUT2D eigenvalue weighted by Crippen LogP contribution is 2.29. The second-order valence-corrected chi connectivity index (χ2v) is 3.70. The molecule has 0 aliphatic rings. The van der Waals surface area contributed by atoms with E-state index in [1.54, 1.807) is 7.05 Å². The number of hydrogen-bond donors (Lipinski definition) is 2. The first kappa shape index (κ1) is 11.1. The Morgan fingerprint density at radius 2 is 1.53 bits per heavy atom. The van der Waals surface area contributed by atoms with Crippen molar-refractivity contribution in [3.05, 3.63) is 42.5 Å². The molecule has 4 N–H and O–H groups in total. The molecule has 0 unspecified atom stereocenters. The zero-order valence-electron chi connectivity index (χ0n) is 9.59. The molecule has 0 bridgehead atoms. The highest BCUT2D eigenvalue weighted by Gasteiger charge is 2.02. The van der Waals surface area contributed by atoms with Crippen LogP contribution in [0, 0.1) is 0 Å². The van der Waals surface area contributed by atoms with Crippen LogP contribution < -0.4 is 11.5 Å². The van der Waals surface area contributed by atoms with Crippen molar-refractivity contribution in [1.82, 2.24) is 0 Å². The Balaban J connectivity index is 2.46. The molecule has 2 aromatic rings. The predicted octanol–water partition coefficient (Wildman–Crippen LogP) is 3.23. The fourth-order valence-corrected chi connectivity index (χ4v) is 1.59. The van der Waals surface area contributed by atoms with E-state index < -0.39 is 0 Å². The smallest absolute Gasteiger partial charge is 0.109 e. The second-order valence-electron chi connectivity index (χ2n) is 3.70. The fourth-order valence-electron chi connectivity index (χ4n) is 1.59. The van der Waals surface area contributed by atoms with Gasteiger partial charge in [0.2, 0.25) is 0 Å². The lowest BCUT2D eigenvalue weighted by Gasteiger charge is -2.05. The first-order valence-corrected chi connectivity index (χ1v) is 5.26. The molecule has 0 radical (unpaired) electrons. The maximum absolute atomic E-state index is 5.80. The van der Waals surface area contributed by atoms with Gasteiger partial charge in [-0.1, -0.05) is 18.2 Å². The van der Waals surface area contributed by atoms with Crippen molar-refractivity contribution >= 4 is 17.1 Å². The van der Waals surface area contributed by atoms with Gasteiger partial charge in [-0.2, -0.15) is 10.2 Å². The van der Waals surface area contributed by atoms with E-state index in [9.17, 15) is 0 Å². The van der Waals surface area contributed by atoms with Gasteiger partial charge in [-0.3, -0.25) is 0 Å². The molecule has 4 heteroatoms. The first-order valence-electron chi connectivity index (χ1n) is 5.26. The maximum atomic E-state index is 5.80. The summed E-state index contributed by atoms with van der Waals surface area (Å²) in [6, 6.07) is 13.4. The van der Waals surface area contributed by atoms with Crippen molar-refractivity contribution in [2.24, 2.45) is 10.2 Å². The summed E-state index contributed by atoms with van der Waals surface area (Å²) in [5.41, 5.74) is 15.6. The van der Waals surface area contributed by atoms with Gasteiger partial charge in [0.05, 0.1) is 5.69 Å². The lowest BCUT2D eigenvalue weighted by Crippen LogP contribution is -1.87. The number of anilines is 2. The number of rotatable bonds is 2. The van der Waals surface area contributed by atoms with Gasteiger partial charge in [-0.05, 0) is 35.4 Å². The van der Waals surface area contributed by atoms with Crippen molar-refractivity contribution in [3.8, 4) is 11.1 Å². The second kappa shape index (κ2) is 4.65. The van der Waals surface area contributed by atoms with Gasteiger partial charge in [0.1, 0.15) is 5.69 Å². The first-order chi connectivity index (χ1) is 8.20. The summed E-state index contributed by atoms with van der Waals surface area (Å²) in [6.45, 7) is 0. The molecule has 0 atom stereocenters. The third-order valence-corrected chi connectivity index (χ3v) is 2.48. The topological polar surface area (TPSA) is 76.8 Å². The molecule has 0 aliphatic carbocycles. The number of nitrogen functional groups attached to an aromatic ring is 2. The van der Waals surface area contributed by atoms with Gasteiger partial charge < -0.3 is 11.5 Å². The number of nitrogens with two attached hydrogens (primary N) is 2. The van der Waals surface area contributed by atoms with Crippen molar-refractivity contribution < 1.29 is 0 Å². The van der Waals surface area contributed by atoms with Crippen LogP contribution in [0.2, 0.25) is 0 Å². The van der Waals surface area contributed by atoms with Crippen molar-refractivity contribution in [2.75, 3.05) is 18.5 Å². The Morgan fingerprint density at radius 1 is 0.882 bits per heavy atom. The number of benzene rings is 2. The van der Waals surface area contributed by atoms with E-state index in [1.807, 2.05) is 42.5 Å². The number of nitrogens with zero attached hydrogens (tertiary/aromatic N) is 2. The third kappa shape index (κ3) is 2.42. The lowest BCUT2D eigenvalue weighted by molar-refractivity contribution is 1.17. The van der Waals surface area contributed by atoms with Crippen LogP contribution in [0.5, 0.6) is 0 Å². The van der Waals surface area contributed by atoms with Crippen molar-refractivity contribution in [2.45, 2.75) is 0 Å². The molecule has 0 saturated carbocycles. The summed E-state index contributed by atoms with van der Waals surface area (Å²) in [5.74, 6) is 0. The van der Waals surface area contributed by atoms with E-state index in [-0.39, 0.29) is 0 Å². The van der Waals surface area contributed by atoms with Crippen LogP contribution in [0.4, 0.5) is 17.1 Å². The summed E-state index contributed by atoms with van der Waals surface area (Å²) >= 11 is 0. The lowest BCUT2D eigenvalue weighted by atomic mass is 10.0. The third-order valence-electron chi connectivity index (χ3n) is 2.48. The zero-order valence-corrected chi connectivity index (χ0v) is 9.59. The molecule has 2 rings (SSSR count). The largest absolute Gasteiger partial charge is 0.399 e. The molecule has 0 heterocycles. The van der Waals surface area contributed by atoms with Gasteiger partial charge in [0, 0.05) is 12.7 Å². The summed E-state index contributed by atoms with van der Waals surface area (Å²) in [5, 5.41) is 7.73. The average Bonchev–Trinajstić information content (AvgIpc) is 2.33. The van der Waals surface area contributed by atoms with Crippen LogP contribution >= 0.6 is 0 Å². The Bertz CT molecular complexity index is 544. The fraction of sp³-hybridized carbons (Fsp3) is 0.0769. The Morgan fingerprint density at radius 3 is 2.18 bits per heavy atom. The summed E-state index contributed by atoms with van der Waals surface area (Å²) < 4.78 is 0. The predicted molar refractivity (Wildman–Crippen MR) is 71.1 cm³/mol. The van der Waals surface area contributed by atoms with Crippen molar-refractivity contribution in [1.29, 1.82) is 0 Å². The number of hydrogen-bond acceptors (Lipinski definition) is 4. The van der Waals surface area contributed by atoms with Gasteiger partial charge in [-0.15, -0.1) is 0 Å². The summed E-state index contributed by atoms with van der Waals surface area (Å²) in [4.78, 5) is 0. The highest BCUT2D eigenvalue weighted by molar-refractivity contribution is 5.74. The molecule has 2 aromatic carbocycles. The molecule has 0 spiro atoms. The minimum atomic E-state index is 0.620. The van der Waals surface area contributed by atoms with E-state index in [0.717, 1.165) is 16.8 Å². The van der Waals surface area contributed by atoms with Crippen LogP contribution in [-0.2, 0) is 0 Å². The molecule has 0 aromatic heterocycles. The minimum absolute atomic E-state index is 0.620. The molecule has 0 amide bonds. The SMILES string of the molecule is C/N=N/c1cc(-c2ccc(N)cc2)ccc1N. The van der Waals surface area contributed by atoms with Gasteiger partial charge >= 0.3 is 0 Å². The normalized spacial score (nSPS) is 10.9. The Labute approximate surface area is 100.0 Å². The summed E-state index contributed by atoms with van der Waals surface area (Å²) in [7, 11) is 1.62. The Hall–Kier alpha value is -2.36. The van der Waals surface area contributed by atoms with E-state index >= 15 is 0 Å². The van der Waals surface area contributed by atoms with Crippen LogP contribution in [0.3, 0.4) is 0 Å². The molecule has 86 valence electrons. The van der Waals surface area contributed by atoms with E-state index in [2.05, 4.69) is 10.2 Å². The minimum Gasteiger partial charge on any atom is -0.399 e. The van der Waals surface area contributed by atoms with Crippen LogP contribution in [0.1, 0.15) is 0 Å². The van der Waals surface area contributed by atoms with Gasteiger partial charge in [0.25, 0.3) is 0 Å². The molecule has 17 heavy (non-hydrogen) atoms. The molecular formula is C13H14N4. The van der Waals surface area contributed by atoms with Crippen LogP contribution in [0.25, 0.3) is 11.1 Å². The zero-order chi connectivity index (χ0) is 12.3. The molecule has 0 fully saturated rings. The monoisotopic (exact) mass is 226 g/mol. The average molecular weight is 226 g/mol. The van der Waals surface area contributed by atoms with Gasteiger partial charge in [-0.25, -0.2) is 0 Å². The quantitative estimate of drug-likeness (QED) is 0.609. The molecule has 0 saturated heterocycles.